The second kappa shape index (κ2) is 7.83. The molecule has 136 valence electrons. The first-order chi connectivity index (χ1) is 12.4. The first-order valence-electron chi connectivity index (χ1n) is 8.53. The van der Waals surface area contributed by atoms with Gasteiger partial charge in [-0.2, -0.15) is 0 Å². The molecule has 1 unspecified atom stereocenters. The van der Waals surface area contributed by atoms with Crippen LogP contribution < -0.4 is 5.32 Å². The van der Waals surface area contributed by atoms with Gasteiger partial charge in [-0.15, -0.1) is 0 Å². The Labute approximate surface area is 157 Å². The Morgan fingerprint density at radius 1 is 1.23 bits per heavy atom. The zero-order valence-electron chi connectivity index (χ0n) is 15.4. The SMILES string of the molecule is Cc1cc(C)cc(-n2ccnc2SCC(=O)NC(C)c2ccc(C)o2)c1. The van der Waals surface area contributed by atoms with Crippen molar-refractivity contribution in [2.45, 2.75) is 38.9 Å². The topological polar surface area (TPSA) is 60.1 Å². The van der Waals surface area contributed by atoms with E-state index in [1.807, 2.05) is 36.7 Å². The molecule has 0 aliphatic heterocycles. The molecule has 3 aromatic rings. The number of carbonyl (C=O) groups excluding carboxylic acids is 1. The van der Waals surface area contributed by atoms with Crippen molar-refractivity contribution in [3.8, 4) is 5.69 Å². The number of nitrogens with zero attached hydrogens (tertiary/aromatic N) is 2. The van der Waals surface area contributed by atoms with Crippen LogP contribution in [0.25, 0.3) is 5.69 Å². The third kappa shape index (κ3) is 4.38. The van der Waals surface area contributed by atoms with Gasteiger partial charge in [-0.1, -0.05) is 17.8 Å². The van der Waals surface area contributed by atoms with Crippen molar-refractivity contribution in [3.05, 3.63) is 65.4 Å². The van der Waals surface area contributed by atoms with E-state index in [-0.39, 0.29) is 11.9 Å². The molecule has 3 rings (SSSR count). The number of carbonyl (C=O) groups is 1. The van der Waals surface area contributed by atoms with E-state index in [2.05, 4.69) is 42.3 Å². The third-order valence-electron chi connectivity index (χ3n) is 3.99. The highest BCUT2D eigenvalue weighted by Crippen LogP contribution is 2.22. The molecule has 26 heavy (non-hydrogen) atoms. The summed E-state index contributed by atoms with van der Waals surface area (Å²) in [5.41, 5.74) is 3.46. The molecule has 0 bridgehead atoms. The summed E-state index contributed by atoms with van der Waals surface area (Å²) in [5, 5.41) is 3.76. The molecule has 6 heteroatoms. The number of nitrogens with one attached hydrogen (secondary N) is 1. The molecule has 1 atom stereocenters. The number of aryl methyl sites for hydroxylation is 3. The highest BCUT2D eigenvalue weighted by molar-refractivity contribution is 7.99. The Balaban J connectivity index is 1.63. The highest BCUT2D eigenvalue weighted by Gasteiger charge is 2.14. The minimum atomic E-state index is -0.157. The van der Waals surface area contributed by atoms with Crippen LogP contribution >= 0.6 is 11.8 Å². The van der Waals surface area contributed by atoms with Crippen molar-refractivity contribution in [2.24, 2.45) is 0 Å². The number of hydrogen-bond acceptors (Lipinski definition) is 4. The van der Waals surface area contributed by atoms with Gasteiger partial charge >= 0.3 is 0 Å². The van der Waals surface area contributed by atoms with Crippen molar-refractivity contribution in [1.29, 1.82) is 0 Å². The predicted octanol–water partition coefficient (Wildman–Crippen LogP) is 4.36. The molecular formula is C20H23N3O2S. The molecule has 1 N–H and O–H groups in total. The van der Waals surface area contributed by atoms with Crippen molar-refractivity contribution >= 4 is 17.7 Å². The maximum absolute atomic E-state index is 12.3. The summed E-state index contributed by atoms with van der Waals surface area (Å²) in [5.74, 6) is 1.85. The fourth-order valence-electron chi connectivity index (χ4n) is 2.85. The molecule has 2 aromatic heterocycles. The summed E-state index contributed by atoms with van der Waals surface area (Å²) in [6.45, 7) is 7.95. The first-order valence-corrected chi connectivity index (χ1v) is 9.51. The number of amides is 1. The molecule has 0 saturated carbocycles. The number of imidazole rings is 1. The minimum absolute atomic E-state index is 0.0495. The van der Waals surface area contributed by atoms with E-state index >= 15 is 0 Å². The van der Waals surface area contributed by atoms with Crippen LogP contribution in [0.4, 0.5) is 0 Å². The average Bonchev–Trinajstić information content (AvgIpc) is 3.20. The minimum Gasteiger partial charge on any atom is -0.464 e. The number of furan rings is 1. The van der Waals surface area contributed by atoms with Crippen LogP contribution in [0.15, 0.2) is 52.3 Å². The number of rotatable bonds is 6. The summed E-state index contributed by atoms with van der Waals surface area (Å²) in [6, 6.07) is 9.99. The summed E-state index contributed by atoms with van der Waals surface area (Å²) in [4.78, 5) is 16.7. The van der Waals surface area contributed by atoms with Gasteiger partial charge in [0.2, 0.25) is 5.91 Å². The second-order valence-electron chi connectivity index (χ2n) is 6.45. The lowest BCUT2D eigenvalue weighted by Crippen LogP contribution is -2.28. The highest BCUT2D eigenvalue weighted by atomic mass is 32.2. The summed E-state index contributed by atoms with van der Waals surface area (Å²) >= 11 is 1.42. The van der Waals surface area contributed by atoms with Gasteiger partial charge in [0.25, 0.3) is 0 Å². The Morgan fingerprint density at radius 3 is 2.62 bits per heavy atom. The van der Waals surface area contributed by atoms with Crippen molar-refractivity contribution in [3.63, 3.8) is 0 Å². The lowest BCUT2D eigenvalue weighted by Gasteiger charge is -2.12. The van der Waals surface area contributed by atoms with Gasteiger partial charge in [0, 0.05) is 18.1 Å². The zero-order valence-corrected chi connectivity index (χ0v) is 16.3. The predicted molar refractivity (Wildman–Crippen MR) is 104 cm³/mol. The van der Waals surface area contributed by atoms with Crippen LogP contribution in [0, 0.1) is 20.8 Å². The number of benzene rings is 1. The summed E-state index contributed by atoms with van der Waals surface area (Å²) in [6.07, 6.45) is 3.68. The summed E-state index contributed by atoms with van der Waals surface area (Å²) < 4.78 is 7.57. The van der Waals surface area contributed by atoms with Gasteiger partial charge < -0.3 is 9.73 Å². The second-order valence-corrected chi connectivity index (χ2v) is 7.39. The van der Waals surface area contributed by atoms with Crippen molar-refractivity contribution < 1.29 is 9.21 Å². The van der Waals surface area contributed by atoms with Crippen molar-refractivity contribution in [2.75, 3.05) is 5.75 Å². The molecule has 0 saturated heterocycles. The van der Waals surface area contributed by atoms with E-state index in [1.54, 1.807) is 6.20 Å². The van der Waals surface area contributed by atoms with E-state index in [9.17, 15) is 4.79 Å². The summed E-state index contributed by atoms with van der Waals surface area (Å²) in [7, 11) is 0. The van der Waals surface area contributed by atoms with E-state index in [4.69, 9.17) is 4.42 Å². The maximum atomic E-state index is 12.3. The van der Waals surface area contributed by atoms with Crippen molar-refractivity contribution in [1.82, 2.24) is 14.9 Å². The molecule has 0 spiro atoms. The molecule has 0 aliphatic carbocycles. The lowest BCUT2D eigenvalue weighted by atomic mass is 10.1. The van der Waals surface area contributed by atoms with Crippen LogP contribution in [-0.2, 0) is 4.79 Å². The van der Waals surface area contributed by atoms with Crippen LogP contribution in [0.5, 0.6) is 0 Å². The van der Waals surface area contributed by atoms with Crippen LogP contribution in [-0.4, -0.2) is 21.2 Å². The van der Waals surface area contributed by atoms with Gasteiger partial charge in [0.1, 0.15) is 11.5 Å². The largest absolute Gasteiger partial charge is 0.464 e. The number of aromatic nitrogens is 2. The molecule has 1 aromatic carbocycles. The Kier molecular flexibility index (Phi) is 5.52. The molecule has 5 nitrogen and oxygen atoms in total. The zero-order chi connectivity index (χ0) is 18.7. The fourth-order valence-corrected chi connectivity index (χ4v) is 3.64. The van der Waals surface area contributed by atoms with Crippen LogP contribution in [0.2, 0.25) is 0 Å². The van der Waals surface area contributed by atoms with Gasteiger partial charge in [-0.25, -0.2) is 4.98 Å². The first kappa shape index (κ1) is 18.3. The third-order valence-corrected chi connectivity index (χ3v) is 4.96. The van der Waals surface area contributed by atoms with E-state index in [0.717, 1.165) is 22.4 Å². The van der Waals surface area contributed by atoms with Gasteiger partial charge in [-0.3, -0.25) is 9.36 Å². The molecule has 1 amide bonds. The lowest BCUT2D eigenvalue weighted by molar-refractivity contribution is -0.119. The van der Waals surface area contributed by atoms with E-state index in [1.165, 1.54) is 22.9 Å². The fraction of sp³-hybridized carbons (Fsp3) is 0.300. The average molecular weight is 369 g/mol. The van der Waals surface area contributed by atoms with Crippen LogP contribution in [0.3, 0.4) is 0 Å². The molecular weight excluding hydrogens is 346 g/mol. The van der Waals surface area contributed by atoms with Crippen LogP contribution in [0.1, 0.15) is 35.6 Å². The molecule has 0 aliphatic rings. The van der Waals surface area contributed by atoms with Gasteiger partial charge in [0.05, 0.1) is 11.8 Å². The molecule has 0 fully saturated rings. The molecule has 2 heterocycles. The smallest absolute Gasteiger partial charge is 0.231 e. The maximum Gasteiger partial charge on any atom is 0.231 e. The normalized spacial score (nSPS) is 12.2. The standard InChI is InChI=1S/C20H23N3O2S/c1-13-9-14(2)11-17(10-13)23-8-7-21-20(23)26-12-19(24)22-16(4)18-6-5-15(3)25-18/h5-11,16H,12H2,1-4H3,(H,22,24). The van der Waals surface area contributed by atoms with E-state index in [0.29, 0.717) is 5.75 Å². The van der Waals surface area contributed by atoms with E-state index < -0.39 is 0 Å². The van der Waals surface area contributed by atoms with Gasteiger partial charge in [-0.05, 0) is 63.1 Å². The molecule has 0 radical (unpaired) electrons. The monoisotopic (exact) mass is 369 g/mol. The van der Waals surface area contributed by atoms with Gasteiger partial charge in [0.15, 0.2) is 5.16 Å². The number of thioether (sulfide) groups is 1. The Bertz CT molecular complexity index is 893. The Morgan fingerprint density at radius 2 is 1.96 bits per heavy atom. The quantitative estimate of drug-likeness (QED) is 0.656. The Hall–Kier alpha value is -2.47. The number of hydrogen-bond donors (Lipinski definition) is 1.